The van der Waals surface area contributed by atoms with Crippen molar-refractivity contribution < 1.29 is 9.53 Å². The molecule has 2 amide bonds. The van der Waals surface area contributed by atoms with E-state index in [9.17, 15) is 4.79 Å². The van der Waals surface area contributed by atoms with E-state index in [0.29, 0.717) is 22.8 Å². The number of urea groups is 1. The fraction of sp³-hybridized carbons (Fsp3) is 0.263. The Hall–Kier alpha value is -2.75. The number of methoxy groups -OCH3 is 1. The molecular formula is C19H21ClN4O2. The first-order valence-corrected chi connectivity index (χ1v) is 8.37. The molecule has 2 aromatic carbocycles. The minimum atomic E-state index is -0.342. The van der Waals surface area contributed by atoms with Gasteiger partial charge in [-0.3, -0.25) is 0 Å². The van der Waals surface area contributed by atoms with Gasteiger partial charge in [0.15, 0.2) is 0 Å². The molecule has 2 rings (SSSR count). The third kappa shape index (κ3) is 5.12. The lowest BCUT2D eigenvalue weighted by Crippen LogP contribution is -2.36. The third-order valence-corrected chi connectivity index (χ3v) is 4.24. The summed E-state index contributed by atoms with van der Waals surface area (Å²) in [4.78, 5) is 14.2. The van der Waals surface area contributed by atoms with Crippen LogP contribution in [0.3, 0.4) is 0 Å². The summed E-state index contributed by atoms with van der Waals surface area (Å²) in [5.74, 6) is 0.787. The van der Waals surface area contributed by atoms with Crippen LogP contribution < -0.4 is 15.4 Å². The lowest BCUT2D eigenvalue weighted by atomic mass is 10.1. The highest BCUT2D eigenvalue weighted by Gasteiger charge is 2.15. The van der Waals surface area contributed by atoms with Gasteiger partial charge in [-0.05, 0) is 50.0 Å². The van der Waals surface area contributed by atoms with Crippen molar-refractivity contribution >= 4 is 23.3 Å². The first-order chi connectivity index (χ1) is 12.4. The Balaban J connectivity index is 1.98. The Morgan fingerprint density at radius 1 is 1.27 bits per heavy atom. The molecule has 7 heteroatoms. The molecule has 6 nitrogen and oxygen atoms in total. The second kappa shape index (κ2) is 9.09. The van der Waals surface area contributed by atoms with Crippen molar-refractivity contribution in [2.45, 2.75) is 6.04 Å². The summed E-state index contributed by atoms with van der Waals surface area (Å²) >= 11 is 5.98. The molecule has 0 aliphatic carbocycles. The van der Waals surface area contributed by atoms with Crippen molar-refractivity contribution in [1.82, 2.24) is 10.2 Å². The molecule has 0 radical (unpaired) electrons. The first kappa shape index (κ1) is 19.6. The average Bonchev–Trinajstić information content (AvgIpc) is 2.62. The zero-order chi connectivity index (χ0) is 19.1. The van der Waals surface area contributed by atoms with Gasteiger partial charge >= 0.3 is 6.03 Å². The number of rotatable bonds is 6. The Morgan fingerprint density at radius 2 is 1.96 bits per heavy atom. The average molecular weight is 373 g/mol. The number of carbonyl (C=O) groups is 1. The third-order valence-electron chi connectivity index (χ3n) is 3.93. The van der Waals surface area contributed by atoms with Gasteiger partial charge in [0.2, 0.25) is 0 Å². The van der Waals surface area contributed by atoms with Crippen molar-refractivity contribution in [2.75, 3.05) is 33.1 Å². The number of hydrogen-bond donors (Lipinski definition) is 2. The molecule has 1 atom stereocenters. The van der Waals surface area contributed by atoms with Crippen molar-refractivity contribution in [3.63, 3.8) is 0 Å². The maximum Gasteiger partial charge on any atom is 0.319 e. The van der Waals surface area contributed by atoms with Crippen LogP contribution in [0.15, 0.2) is 42.5 Å². The highest BCUT2D eigenvalue weighted by molar-refractivity contribution is 6.32. The molecule has 0 bridgehead atoms. The molecule has 0 fully saturated rings. The minimum Gasteiger partial charge on any atom is -0.497 e. The quantitative estimate of drug-likeness (QED) is 0.811. The van der Waals surface area contributed by atoms with Gasteiger partial charge in [0.05, 0.1) is 23.7 Å². The van der Waals surface area contributed by atoms with E-state index < -0.39 is 0 Å². The first-order valence-electron chi connectivity index (χ1n) is 7.99. The van der Waals surface area contributed by atoms with Crippen molar-refractivity contribution in [2.24, 2.45) is 0 Å². The van der Waals surface area contributed by atoms with Crippen LogP contribution in [0.25, 0.3) is 0 Å². The minimum absolute atomic E-state index is 0.0104. The Labute approximate surface area is 158 Å². The van der Waals surface area contributed by atoms with Crippen LogP contribution in [0.5, 0.6) is 5.75 Å². The molecule has 1 unspecified atom stereocenters. The zero-order valence-corrected chi connectivity index (χ0v) is 15.7. The Bertz CT molecular complexity index is 800. The summed E-state index contributed by atoms with van der Waals surface area (Å²) in [5.41, 5.74) is 1.96. The molecule has 2 N–H and O–H groups in total. The molecule has 136 valence electrons. The van der Waals surface area contributed by atoms with E-state index in [4.69, 9.17) is 21.6 Å². The molecule has 26 heavy (non-hydrogen) atoms. The number of halogens is 1. The lowest BCUT2D eigenvalue weighted by molar-refractivity contribution is 0.243. The van der Waals surface area contributed by atoms with Crippen LogP contribution in [0.4, 0.5) is 10.5 Å². The van der Waals surface area contributed by atoms with Crippen molar-refractivity contribution in [3.8, 4) is 11.8 Å². The predicted molar refractivity (Wildman–Crippen MR) is 103 cm³/mol. The SMILES string of the molecule is COc1ccc(C(CNC(=O)Nc2ccc(C#N)c(Cl)c2)N(C)C)cc1. The lowest BCUT2D eigenvalue weighted by Gasteiger charge is -2.25. The van der Waals surface area contributed by atoms with Gasteiger partial charge in [-0.1, -0.05) is 23.7 Å². The van der Waals surface area contributed by atoms with Crippen LogP contribution in [0.1, 0.15) is 17.2 Å². The highest BCUT2D eigenvalue weighted by Crippen LogP contribution is 2.22. The van der Waals surface area contributed by atoms with Crippen LogP contribution >= 0.6 is 11.6 Å². The highest BCUT2D eigenvalue weighted by atomic mass is 35.5. The van der Waals surface area contributed by atoms with Gasteiger partial charge in [0.1, 0.15) is 11.8 Å². The topological polar surface area (TPSA) is 77.4 Å². The number of nitriles is 1. The van der Waals surface area contributed by atoms with E-state index in [1.165, 1.54) is 0 Å². The monoisotopic (exact) mass is 372 g/mol. The van der Waals surface area contributed by atoms with Gasteiger partial charge in [-0.25, -0.2) is 4.79 Å². The number of amides is 2. The van der Waals surface area contributed by atoms with Gasteiger partial charge in [0, 0.05) is 12.2 Å². The predicted octanol–water partition coefficient (Wildman–Crippen LogP) is 3.64. The number of ether oxygens (including phenoxy) is 1. The molecular weight excluding hydrogens is 352 g/mol. The standard InChI is InChI=1S/C19H21ClN4O2/c1-24(2)18(13-5-8-16(26-3)9-6-13)12-22-19(25)23-15-7-4-14(11-21)17(20)10-15/h4-10,18H,12H2,1-3H3,(H2,22,23,25). The maximum absolute atomic E-state index is 12.2. The van der Waals surface area contributed by atoms with E-state index in [-0.39, 0.29) is 12.1 Å². The summed E-state index contributed by atoms with van der Waals surface area (Å²) in [6.07, 6.45) is 0. The number of nitrogens with zero attached hydrogens (tertiary/aromatic N) is 2. The summed E-state index contributed by atoms with van der Waals surface area (Å²) in [5, 5.41) is 14.8. The summed E-state index contributed by atoms with van der Waals surface area (Å²) < 4.78 is 5.18. The fourth-order valence-electron chi connectivity index (χ4n) is 2.47. The second-order valence-electron chi connectivity index (χ2n) is 5.89. The summed E-state index contributed by atoms with van der Waals surface area (Å²) in [6.45, 7) is 0.426. The van der Waals surface area contributed by atoms with Crippen LogP contribution in [0, 0.1) is 11.3 Å². The van der Waals surface area contributed by atoms with E-state index in [2.05, 4.69) is 10.6 Å². The number of benzene rings is 2. The van der Waals surface area contributed by atoms with Crippen LogP contribution in [0.2, 0.25) is 5.02 Å². The van der Waals surface area contributed by atoms with Crippen molar-refractivity contribution in [1.29, 1.82) is 5.26 Å². The summed E-state index contributed by atoms with van der Waals surface area (Å²) in [7, 11) is 5.53. The molecule has 0 aliphatic heterocycles. The van der Waals surface area contributed by atoms with E-state index >= 15 is 0 Å². The van der Waals surface area contributed by atoms with E-state index in [1.54, 1.807) is 25.3 Å². The molecule has 0 spiro atoms. The molecule has 0 aliphatic rings. The number of nitrogens with one attached hydrogen (secondary N) is 2. The zero-order valence-electron chi connectivity index (χ0n) is 14.9. The molecule has 0 heterocycles. The van der Waals surface area contributed by atoms with Crippen LogP contribution in [-0.4, -0.2) is 38.7 Å². The number of likely N-dealkylation sites (N-methyl/N-ethyl adjacent to an activating group) is 1. The maximum atomic E-state index is 12.2. The van der Waals surface area contributed by atoms with E-state index in [1.807, 2.05) is 49.3 Å². The normalized spacial score (nSPS) is 11.5. The molecule has 0 aromatic heterocycles. The van der Waals surface area contributed by atoms with E-state index in [0.717, 1.165) is 11.3 Å². The Kier molecular flexibility index (Phi) is 6.84. The van der Waals surface area contributed by atoms with Gasteiger partial charge in [-0.15, -0.1) is 0 Å². The number of hydrogen-bond acceptors (Lipinski definition) is 4. The van der Waals surface area contributed by atoms with Crippen LogP contribution in [-0.2, 0) is 0 Å². The Morgan fingerprint density at radius 3 is 2.50 bits per heavy atom. The molecule has 2 aromatic rings. The van der Waals surface area contributed by atoms with Gasteiger partial charge in [0.25, 0.3) is 0 Å². The summed E-state index contributed by atoms with van der Waals surface area (Å²) in [6, 6.07) is 14.1. The number of carbonyl (C=O) groups excluding carboxylic acids is 1. The second-order valence-corrected chi connectivity index (χ2v) is 6.30. The number of anilines is 1. The van der Waals surface area contributed by atoms with Gasteiger partial charge in [-0.2, -0.15) is 5.26 Å². The smallest absolute Gasteiger partial charge is 0.319 e. The van der Waals surface area contributed by atoms with Gasteiger partial charge < -0.3 is 20.3 Å². The fourth-order valence-corrected chi connectivity index (χ4v) is 2.70. The molecule has 0 saturated carbocycles. The largest absolute Gasteiger partial charge is 0.497 e. The molecule has 0 saturated heterocycles. The van der Waals surface area contributed by atoms with Crippen molar-refractivity contribution in [3.05, 3.63) is 58.6 Å².